The van der Waals surface area contributed by atoms with E-state index in [0.717, 1.165) is 36.2 Å². The standard InChI is InChI=1S/C14H18N2O/c1-3-4-8-12-10-14(17)16(15-12)13-9-6-5-7-11(13)2/h5-7,9-10,17H,3-4,8H2,1-2H3. The van der Waals surface area contributed by atoms with Crippen molar-refractivity contribution in [3.8, 4) is 11.6 Å². The molecule has 0 fully saturated rings. The van der Waals surface area contributed by atoms with Gasteiger partial charge in [-0.05, 0) is 31.4 Å². The van der Waals surface area contributed by atoms with Crippen molar-refractivity contribution in [2.24, 2.45) is 0 Å². The molecule has 0 aliphatic heterocycles. The summed E-state index contributed by atoms with van der Waals surface area (Å²) in [6, 6.07) is 9.67. The Hall–Kier alpha value is -1.77. The summed E-state index contributed by atoms with van der Waals surface area (Å²) in [5.41, 5.74) is 2.99. The lowest BCUT2D eigenvalue weighted by Gasteiger charge is -2.05. The van der Waals surface area contributed by atoms with E-state index in [4.69, 9.17) is 0 Å². The molecule has 1 heterocycles. The number of aryl methyl sites for hydroxylation is 2. The SMILES string of the molecule is CCCCc1cc(O)n(-c2ccccc2C)n1. The molecule has 2 rings (SSSR count). The average Bonchev–Trinajstić information content (AvgIpc) is 2.68. The van der Waals surface area contributed by atoms with E-state index < -0.39 is 0 Å². The lowest BCUT2D eigenvalue weighted by Crippen LogP contribution is -1.99. The summed E-state index contributed by atoms with van der Waals surface area (Å²) >= 11 is 0. The molecule has 0 saturated carbocycles. The molecule has 0 unspecified atom stereocenters. The van der Waals surface area contributed by atoms with Crippen LogP contribution in [0.3, 0.4) is 0 Å². The molecule has 0 bridgehead atoms. The highest BCUT2D eigenvalue weighted by Gasteiger charge is 2.09. The third-order valence-corrected chi connectivity index (χ3v) is 2.87. The van der Waals surface area contributed by atoms with Crippen molar-refractivity contribution in [2.75, 3.05) is 0 Å². The molecule has 0 atom stereocenters. The van der Waals surface area contributed by atoms with Crippen LogP contribution < -0.4 is 0 Å². The van der Waals surface area contributed by atoms with Gasteiger partial charge in [0, 0.05) is 6.07 Å². The minimum absolute atomic E-state index is 0.213. The van der Waals surface area contributed by atoms with Crippen LogP contribution in [-0.4, -0.2) is 14.9 Å². The van der Waals surface area contributed by atoms with Crippen LogP contribution in [0, 0.1) is 6.92 Å². The number of hydrogen-bond acceptors (Lipinski definition) is 2. The molecule has 3 heteroatoms. The highest BCUT2D eigenvalue weighted by Crippen LogP contribution is 2.21. The van der Waals surface area contributed by atoms with Gasteiger partial charge in [0.15, 0.2) is 0 Å². The zero-order valence-electron chi connectivity index (χ0n) is 10.3. The first-order chi connectivity index (χ1) is 8.22. The highest BCUT2D eigenvalue weighted by atomic mass is 16.3. The first-order valence-corrected chi connectivity index (χ1v) is 6.06. The Balaban J connectivity index is 2.33. The van der Waals surface area contributed by atoms with Gasteiger partial charge in [-0.2, -0.15) is 5.10 Å². The number of para-hydroxylation sites is 1. The Morgan fingerprint density at radius 2 is 2.06 bits per heavy atom. The number of nitrogens with zero attached hydrogens (tertiary/aromatic N) is 2. The molecule has 1 N–H and O–H groups in total. The Morgan fingerprint density at radius 1 is 1.29 bits per heavy atom. The van der Waals surface area contributed by atoms with Gasteiger partial charge in [0.1, 0.15) is 0 Å². The summed E-state index contributed by atoms with van der Waals surface area (Å²) in [6.45, 7) is 4.17. The third-order valence-electron chi connectivity index (χ3n) is 2.87. The second-order valence-corrected chi connectivity index (χ2v) is 4.30. The van der Waals surface area contributed by atoms with E-state index in [1.165, 1.54) is 0 Å². The van der Waals surface area contributed by atoms with E-state index in [9.17, 15) is 5.11 Å². The summed E-state index contributed by atoms with van der Waals surface area (Å²) in [4.78, 5) is 0. The van der Waals surface area contributed by atoms with Gasteiger partial charge in [-0.15, -0.1) is 0 Å². The smallest absolute Gasteiger partial charge is 0.214 e. The monoisotopic (exact) mass is 230 g/mol. The van der Waals surface area contributed by atoms with Gasteiger partial charge in [-0.1, -0.05) is 31.5 Å². The fourth-order valence-corrected chi connectivity index (χ4v) is 1.88. The zero-order valence-corrected chi connectivity index (χ0v) is 10.3. The molecule has 3 nitrogen and oxygen atoms in total. The molecule has 1 aromatic heterocycles. The second kappa shape index (κ2) is 5.04. The van der Waals surface area contributed by atoms with Gasteiger partial charge < -0.3 is 5.11 Å². The number of aromatic nitrogens is 2. The maximum atomic E-state index is 9.91. The Morgan fingerprint density at radius 3 is 2.76 bits per heavy atom. The summed E-state index contributed by atoms with van der Waals surface area (Å²) < 4.78 is 1.61. The van der Waals surface area contributed by atoms with Crippen LogP contribution in [0.5, 0.6) is 5.88 Å². The molecular weight excluding hydrogens is 212 g/mol. The molecule has 2 aromatic rings. The van der Waals surface area contributed by atoms with Gasteiger partial charge in [-0.25, -0.2) is 4.68 Å². The second-order valence-electron chi connectivity index (χ2n) is 4.30. The number of rotatable bonds is 4. The summed E-state index contributed by atoms with van der Waals surface area (Å²) in [7, 11) is 0. The summed E-state index contributed by atoms with van der Waals surface area (Å²) in [5.74, 6) is 0.213. The first kappa shape index (κ1) is 11.7. The number of benzene rings is 1. The maximum Gasteiger partial charge on any atom is 0.214 e. The molecule has 0 aliphatic rings. The van der Waals surface area contributed by atoms with Gasteiger partial charge in [-0.3, -0.25) is 0 Å². The van der Waals surface area contributed by atoms with E-state index in [1.54, 1.807) is 10.7 Å². The molecule has 17 heavy (non-hydrogen) atoms. The average molecular weight is 230 g/mol. The topological polar surface area (TPSA) is 38.0 Å². The third kappa shape index (κ3) is 2.49. The molecule has 0 amide bonds. The lowest BCUT2D eigenvalue weighted by atomic mass is 10.2. The van der Waals surface area contributed by atoms with Crippen LogP contribution in [0.4, 0.5) is 0 Å². The number of hydrogen-bond donors (Lipinski definition) is 1. The summed E-state index contributed by atoms with van der Waals surface area (Å²) in [6.07, 6.45) is 3.16. The van der Waals surface area contributed by atoms with Crippen molar-refractivity contribution < 1.29 is 5.11 Å². The van der Waals surface area contributed by atoms with E-state index in [1.807, 2.05) is 31.2 Å². The van der Waals surface area contributed by atoms with Gasteiger partial charge in [0.25, 0.3) is 0 Å². The molecule has 0 aliphatic carbocycles. The van der Waals surface area contributed by atoms with Crippen molar-refractivity contribution >= 4 is 0 Å². The van der Waals surface area contributed by atoms with Crippen LogP contribution in [0.2, 0.25) is 0 Å². The van der Waals surface area contributed by atoms with Gasteiger partial charge in [0.2, 0.25) is 5.88 Å². The zero-order chi connectivity index (χ0) is 12.3. The molecule has 0 radical (unpaired) electrons. The molecule has 0 saturated heterocycles. The number of unbranched alkanes of at least 4 members (excludes halogenated alkanes) is 1. The van der Waals surface area contributed by atoms with Crippen molar-refractivity contribution in [1.82, 2.24) is 9.78 Å². The van der Waals surface area contributed by atoms with Crippen molar-refractivity contribution in [3.63, 3.8) is 0 Å². The Bertz CT molecular complexity index is 503. The predicted octanol–water partition coefficient (Wildman–Crippen LogP) is 3.23. The van der Waals surface area contributed by atoms with Crippen LogP contribution >= 0.6 is 0 Å². The molecule has 1 aromatic carbocycles. The fourth-order valence-electron chi connectivity index (χ4n) is 1.88. The molecule has 90 valence electrons. The maximum absolute atomic E-state index is 9.91. The van der Waals surface area contributed by atoms with Crippen LogP contribution in [0.1, 0.15) is 31.0 Å². The normalized spacial score (nSPS) is 10.7. The van der Waals surface area contributed by atoms with Crippen LogP contribution in [0.25, 0.3) is 5.69 Å². The highest BCUT2D eigenvalue weighted by molar-refractivity contribution is 5.42. The van der Waals surface area contributed by atoms with Crippen LogP contribution in [-0.2, 0) is 6.42 Å². The fraction of sp³-hybridized carbons (Fsp3) is 0.357. The van der Waals surface area contributed by atoms with E-state index >= 15 is 0 Å². The van der Waals surface area contributed by atoms with Gasteiger partial charge >= 0.3 is 0 Å². The van der Waals surface area contributed by atoms with Gasteiger partial charge in [0.05, 0.1) is 11.4 Å². The van der Waals surface area contributed by atoms with E-state index in [-0.39, 0.29) is 5.88 Å². The van der Waals surface area contributed by atoms with E-state index in [2.05, 4.69) is 12.0 Å². The quantitative estimate of drug-likeness (QED) is 0.875. The largest absolute Gasteiger partial charge is 0.493 e. The minimum Gasteiger partial charge on any atom is -0.493 e. The Kier molecular flexibility index (Phi) is 3.47. The molecule has 0 spiro atoms. The summed E-state index contributed by atoms with van der Waals surface area (Å²) in [5, 5.41) is 14.4. The number of aromatic hydroxyl groups is 1. The van der Waals surface area contributed by atoms with Crippen LogP contribution in [0.15, 0.2) is 30.3 Å². The van der Waals surface area contributed by atoms with Crippen molar-refractivity contribution in [1.29, 1.82) is 0 Å². The lowest BCUT2D eigenvalue weighted by molar-refractivity contribution is 0.433. The predicted molar refractivity (Wildman–Crippen MR) is 68.6 cm³/mol. The minimum atomic E-state index is 0.213. The van der Waals surface area contributed by atoms with Crippen molar-refractivity contribution in [3.05, 3.63) is 41.6 Å². The van der Waals surface area contributed by atoms with E-state index in [0.29, 0.717) is 0 Å². The van der Waals surface area contributed by atoms with Crippen molar-refractivity contribution in [2.45, 2.75) is 33.1 Å². The first-order valence-electron chi connectivity index (χ1n) is 6.06. The Labute approximate surface area is 102 Å². The molecular formula is C14H18N2O.